The Bertz CT molecular complexity index is 1210. The van der Waals surface area contributed by atoms with Crippen molar-refractivity contribution in [3.05, 3.63) is 96.1 Å². The summed E-state index contributed by atoms with van der Waals surface area (Å²) in [6.45, 7) is 5.43. The molecule has 8 heteroatoms. The van der Waals surface area contributed by atoms with Gasteiger partial charge in [0, 0.05) is 45.3 Å². The molecule has 0 spiro atoms. The Balaban J connectivity index is 1.66. The Morgan fingerprint density at radius 2 is 1.51 bits per heavy atom. The number of ether oxygens (including phenoxy) is 1. The number of nitrogens with zero attached hydrogens (tertiary/aromatic N) is 3. The molecule has 37 heavy (non-hydrogen) atoms. The van der Waals surface area contributed by atoms with Crippen LogP contribution in [0.25, 0.3) is 0 Å². The summed E-state index contributed by atoms with van der Waals surface area (Å²) in [5.41, 5.74) is 6.69. The molecule has 0 saturated carbocycles. The van der Waals surface area contributed by atoms with Crippen molar-refractivity contribution >= 4 is 29.0 Å². The lowest BCUT2D eigenvalue weighted by Crippen LogP contribution is -2.50. The zero-order chi connectivity index (χ0) is 26.0. The molecular formula is C29H33N5O3. The van der Waals surface area contributed by atoms with Crippen LogP contribution in [0.4, 0.5) is 11.4 Å². The van der Waals surface area contributed by atoms with Gasteiger partial charge in [0.05, 0.1) is 18.8 Å². The van der Waals surface area contributed by atoms with Gasteiger partial charge in [0.1, 0.15) is 0 Å². The molecule has 3 aromatic rings. The van der Waals surface area contributed by atoms with Crippen molar-refractivity contribution in [2.75, 3.05) is 44.0 Å². The summed E-state index contributed by atoms with van der Waals surface area (Å²) in [7, 11) is 1.36. The fraction of sp³-hybridized carbons (Fsp3) is 0.276. The molecule has 1 atom stereocenters. The lowest BCUT2D eigenvalue weighted by Gasteiger charge is -2.39. The second-order valence-electron chi connectivity index (χ2n) is 8.94. The average molecular weight is 500 g/mol. The van der Waals surface area contributed by atoms with Crippen LogP contribution in [0.5, 0.6) is 0 Å². The van der Waals surface area contributed by atoms with Crippen LogP contribution in [0.1, 0.15) is 24.1 Å². The van der Waals surface area contributed by atoms with Crippen LogP contribution in [0, 0.1) is 0 Å². The van der Waals surface area contributed by atoms with Crippen molar-refractivity contribution < 1.29 is 14.3 Å². The van der Waals surface area contributed by atoms with Crippen LogP contribution in [-0.2, 0) is 20.9 Å². The summed E-state index contributed by atoms with van der Waals surface area (Å²) < 4.78 is 5.18. The maximum absolute atomic E-state index is 13.1. The first-order chi connectivity index (χ1) is 18.0. The summed E-state index contributed by atoms with van der Waals surface area (Å²) in [4.78, 5) is 29.7. The number of amides is 1. The van der Waals surface area contributed by atoms with E-state index in [-0.39, 0.29) is 11.6 Å². The zero-order valence-corrected chi connectivity index (χ0v) is 21.3. The van der Waals surface area contributed by atoms with Crippen LogP contribution in [-0.4, -0.2) is 60.7 Å². The van der Waals surface area contributed by atoms with Crippen LogP contribution >= 0.6 is 0 Å². The van der Waals surface area contributed by atoms with Gasteiger partial charge in [-0.15, -0.1) is 0 Å². The first-order valence-corrected chi connectivity index (χ1v) is 12.4. The van der Waals surface area contributed by atoms with E-state index in [1.165, 1.54) is 19.6 Å². The summed E-state index contributed by atoms with van der Waals surface area (Å²) >= 11 is 0. The maximum atomic E-state index is 13.1. The smallest absolute Gasteiger partial charge is 0.356 e. The van der Waals surface area contributed by atoms with Gasteiger partial charge in [-0.1, -0.05) is 66.7 Å². The van der Waals surface area contributed by atoms with E-state index in [9.17, 15) is 9.59 Å². The Morgan fingerprint density at radius 1 is 0.892 bits per heavy atom. The number of hydrogen-bond donors (Lipinski definition) is 2. The molecule has 192 valence electrons. The standard InChI is InChI=1S/C29H33N5O3/c1-22(35)30-26-16-10-9-15-25(26)28(27(29(36)37-2)32-31-24-13-7-4-8-14-24)34-19-17-33(18-20-34)21-23-11-5-3-6-12-23/h3-16,28,31H,17-21H2,1-2H3,(H,30,35)/b32-27-. The van der Waals surface area contributed by atoms with E-state index in [2.05, 4.69) is 49.9 Å². The SMILES string of the molecule is COC(=O)/C(=N\Nc1ccccc1)C(c1ccccc1NC(C)=O)N1CCN(Cc2ccccc2)CC1. The normalized spacial score (nSPS) is 15.6. The monoisotopic (exact) mass is 499 g/mol. The number of rotatable bonds is 9. The van der Waals surface area contributed by atoms with E-state index in [4.69, 9.17) is 4.74 Å². The predicted molar refractivity (Wildman–Crippen MR) is 146 cm³/mol. The van der Waals surface area contributed by atoms with Crippen LogP contribution < -0.4 is 10.7 Å². The molecule has 0 aliphatic carbocycles. The number of anilines is 2. The Kier molecular flexibility index (Phi) is 9.02. The zero-order valence-electron chi connectivity index (χ0n) is 21.3. The molecule has 0 radical (unpaired) electrons. The molecule has 0 aromatic heterocycles. The molecule has 3 aromatic carbocycles. The first kappa shape index (κ1) is 26.1. The average Bonchev–Trinajstić information content (AvgIpc) is 2.93. The molecule has 0 bridgehead atoms. The van der Waals surface area contributed by atoms with Crippen LogP contribution in [0.2, 0.25) is 0 Å². The summed E-state index contributed by atoms with van der Waals surface area (Å²) in [6, 6.07) is 26.9. The molecule has 1 amide bonds. The quantitative estimate of drug-likeness (QED) is 0.261. The number of nitrogens with one attached hydrogen (secondary N) is 2. The van der Waals surface area contributed by atoms with Gasteiger partial charge >= 0.3 is 5.97 Å². The van der Waals surface area contributed by atoms with Crippen molar-refractivity contribution in [2.45, 2.75) is 19.5 Å². The maximum Gasteiger partial charge on any atom is 0.356 e. The molecule has 1 aliphatic heterocycles. The molecule has 1 saturated heterocycles. The summed E-state index contributed by atoms with van der Waals surface area (Å²) in [6.07, 6.45) is 0. The number of hydrogen-bond acceptors (Lipinski definition) is 7. The van der Waals surface area contributed by atoms with Crippen LogP contribution in [0.15, 0.2) is 90.0 Å². The molecule has 1 unspecified atom stereocenters. The van der Waals surface area contributed by atoms with Crippen molar-refractivity contribution in [1.29, 1.82) is 0 Å². The van der Waals surface area contributed by atoms with Gasteiger partial charge in [-0.3, -0.25) is 20.0 Å². The number of esters is 1. The van der Waals surface area contributed by atoms with Gasteiger partial charge < -0.3 is 10.1 Å². The highest BCUT2D eigenvalue weighted by Crippen LogP contribution is 2.31. The van der Waals surface area contributed by atoms with E-state index in [1.807, 2.05) is 60.7 Å². The van der Waals surface area contributed by atoms with E-state index < -0.39 is 12.0 Å². The molecular weight excluding hydrogens is 466 g/mol. The first-order valence-electron chi connectivity index (χ1n) is 12.4. The molecule has 1 fully saturated rings. The summed E-state index contributed by atoms with van der Waals surface area (Å²) in [5, 5.41) is 7.46. The lowest BCUT2D eigenvalue weighted by molar-refractivity contribution is -0.133. The van der Waals surface area contributed by atoms with Gasteiger partial charge in [0.15, 0.2) is 5.71 Å². The Hall–Kier alpha value is -4.01. The predicted octanol–water partition coefficient (Wildman–Crippen LogP) is 4.15. The Morgan fingerprint density at radius 3 is 2.16 bits per heavy atom. The number of hydrazone groups is 1. The number of para-hydroxylation sites is 2. The third-order valence-corrected chi connectivity index (χ3v) is 6.32. The summed E-state index contributed by atoms with van der Waals surface area (Å²) in [5.74, 6) is -0.712. The van der Waals surface area contributed by atoms with Gasteiger partial charge in [-0.25, -0.2) is 4.79 Å². The highest BCUT2D eigenvalue weighted by atomic mass is 16.5. The fourth-order valence-electron chi connectivity index (χ4n) is 4.54. The fourth-order valence-corrected chi connectivity index (χ4v) is 4.54. The third kappa shape index (κ3) is 7.03. The van der Waals surface area contributed by atoms with E-state index in [0.717, 1.165) is 30.9 Å². The van der Waals surface area contributed by atoms with E-state index in [0.29, 0.717) is 18.8 Å². The van der Waals surface area contributed by atoms with E-state index in [1.54, 1.807) is 0 Å². The largest absolute Gasteiger partial charge is 0.464 e. The molecule has 8 nitrogen and oxygen atoms in total. The molecule has 1 heterocycles. The Labute approximate surface area is 217 Å². The third-order valence-electron chi connectivity index (χ3n) is 6.32. The van der Waals surface area contributed by atoms with Crippen molar-refractivity contribution in [3.8, 4) is 0 Å². The van der Waals surface area contributed by atoms with Gasteiger partial charge in [-0.05, 0) is 29.3 Å². The number of carbonyl (C=O) groups is 2. The molecule has 2 N–H and O–H groups in total. The number of benzene rings is 3. The van der Waals surface area contributed by atoms with Crippen molar-refractivity contribution in [2.24, 2.45) is 5.10 Å². The topological polar surface area (TPSA) is 86.3 Å². The van der Waals surface area contributed by atoms with E-state index >= 15 is 0 Å². The van der Waals surface area contributed by atoms with Gasteiger partial charge in [-0.2, -0.15) is 5.10 Å². The van der Waals surface area contributed by atoms with Crippen LogP contribution in [0.3, 0.4) is 0 Å². The highest BCUT2D eigenvalue weighted by Gasteiger charge is 2.35. The minimum atomic E-state index is -0.530. The second kappa shape index (κ2) is 12.8. The second-order valence-corrected chi connectivity index (χ2v) is 8.94. The molecule has 4 rings (SSSR count). The highest BCUT2D eigenvalue weighted by molar-refractivity contribution is 6.38. The molecule has 1 aliphatic rings. The number of carbonyl (C=O) groups excluding carboxylic acids is 2. The van der Waals surface area contributed by atoms with Gasteiger partial charge in [0.2, 0.25) is 5.91 Å². The number of piperazine rings is 1. The minimum Gasteiger partial charge on any atom is -0.464 e. The number of methoxy groups -OCH3 is 1. The van der Waals surface area contributed by atoms with Crippen molar-refractivity contribution in [3.63, 3.8) is 0 Å². The minimum absolute atomic E-state index is 0.183. The van der Waals surface area contributed by atoms with Crippen molar-refractivity contribution in [1.82, 2.24) is 9.80 Å². The lowest BCUT2D eigenvalue weighted by atomic mass is 9.97. The van der Waals surface area contributed by atoms with Gasteiger partial charge in [0.25, 0.3) is 0 Å².